The number of sulfone groups is 1. The van der Waals surface area contributed by atoms with E-state index in [0.29, 0.717) is 25.2 Å². The summed E-state index contributed by atoms with van der Waals surface area (Å²) < 4.78 is 50.1. The van der Waals surface area contributed by atoms with Crippen LogP contribution in [-0.2, 0) is 24.7 Å². The quantitative estimate of drug-likeness (QED) is 0.683. The monoisotopic (exact) mass is 445 g/mol. The molecule has 1 amide bonds. The zero-order valence-electron chi connectivity index (χ0n) is 17.5. The minimum absolute atomic E-state index is 0.0994. The maximum Gasteiger partial charge on any atom is 0.243 e. The SMILES string of the molecule is CC(C)N(C)S(=O)(=O)c1ccc(NC(=O)CN2CCCCC(S(C)(=O)=O)C2)cc1. The first-order chi connectivity index (χ1) is 13.4. The molecule has 0 aromatic heterocycles. The lowest BCUT2D eigenvalue weighted by atomic mass is 10.2. The van der Waals surface area contributed by atoms with Gasteiger partial charge in [-0.05, 0) is 57.5 Å². The van der Waals surface area contributed by atoms with Crippen LogP contribution in [0.1, 0.15) is 33.1 Å². The summed E-state index contributed by atoms with van der Waals surface area (Å²) in [5, 5.41) is 2.31. The molecule has 10 heteroatoms. The number of likely N-dealkylation sites (tertiary alicyclic amines) is 1. The van der Waals surface area contributed by atoms with Gasteiger partial charge in [0, 0.05) is 31.6 Å². The van der Waals surface area contributed by atoms with E-state index < -0.39 is 25.1 Å². The number of rotatable bonds is 7. The Morgan fingerprint density at radius 1 is 1.17 bits per heavy atom. The second kappa shape index (κ2) is 9.55. The van der Waals surface area contributed by atoms with Gasteiger partial charge in [-0.25, -0.2) is 16.8 Å². The van der Waals surface area contributed by atoms with Crippen LogP contribution in [0.5, 0.6) is 0 Å². The molecule has 2 rings (SSSR count). The van der Waals surface area contributed by atoms with Crippen molar-refractivity contribution in [1.29, 1.82) is 0 Å². The van der Waals surface area contributed by atoms with Crippen LogP contribution in [0.15, 0.2) is 29.2 Å². The number of anilines is 1. The van der Waals surface area contributed by atoms with Crippen molar-refractivity contribution in [3.8, 4) is 0 Å². The first-order valence-electron chi connectivity index (χ1n) is 9.70. The Kier molecular flexibility index (Phi) is 7.83. The molecular formula is C19H31N3O5S2. The zero-order chi connectivity index (χ0) is 21.8. The van der Waals surface area contributed by atoms with Crippen molar-refractivity contribution in [3.63, 3.8) is 0 Å². The predicted molar refractivity (Wildman–Crippen MR) is 114 cm³/mol. The van der Waals surface area contributed by atoms with Gasteiger partial charge in [0.2, 0.25) is 15.9 Å². The van der Waals surface area contributed by atoms with E-state index in [9.17, 15) is 21.6 Å². The van der Waals surface area contributed by atoms with Crippen LogP contribution >= 0.6 is 0 Å². The van der Waals surface area contributed by atoms with Gasteiger partial charge in [-0.15, -0.1) is 0 Å². The summed E-state index contributed by atoms with van der Waals surface area (Å²) in [6, 6.07) is 5.88. The van der Waals surface area contributed by atoms with Gasteiger partial charge < -0.3 is 5.32 Å². The Morgan fingerprint density at radius 2 is 1.79 bits per heavy atom. The molecule has 1 aliphatic heterocycles. The Balaban J connectivity index is 2.00. The minimum atomic E-state index is -3.57. The molecule has 1 aliphatic rings. The average molecular weight is 446 g/mol. The third kappa shape index (κ3) is 6.50. The highest BCUT2D eigenvalue weighted by atomic mass is 32.2. The average Bonchev–Trinajstić information content (AvgIpc) is 2.86. The summed E-state index contributed by atoms with van der Waals surface area (Å²) in [7, 11) is -5.19. The molecule has 1 aromatic rings. The number of hydrogen-bond donors (Lipinski definition) is 1. The summed E-state index contributed by atoms with van der Waals surface area (Å²) in [4.78, 5) is 14.4. The van der Waals surface area contributed by atoms with Crippen LogP contribution in [0.3, 0.4) is 0 Å². The molecule has 0 spiro atoms. The van der Waals surface area contributed by atoms with Gasteiger partial charge in [-0.1, -0.05) is 6.42 Å². The van der Waals surface area contributed by atoms with E-state index in [0.717, 1.165) is 12.8 Å². The van der Waals surface area contributed by atoms with Crippen molar-refractivity contribution in [2.75, 3.05) is 38.3 Å². The van der Waals surface area contributed by atoms with Crippen molar-refractivity contribution >= 4 is 31.5 Å². The molecule has 0 radical (unpaired) electrons. The molecule has 29 heavy (non-hydrogen) atoms. The molecule has 1 atom stereocenters. The highest BCUT2D eigenvalue weighted by Crippen LogP contribution is 2.20. The molecule has 1 heterocycles. The van der Waals surface area contributed by atoms with Crippen LogP contribution < -0.4 is 5.32 Å². The third-order valence-electron chi connectivity index (χ3n) is 5.23. The molecule has 1 saturated heterocycles. The summed E-state index contributed by atoms with van der Waals surface area (Å²) >= 11 is 0. The Labute approximate surface area is 174 Å². The number of amides is 1. The van der Waals surface area contributed by atoms with Gasteiger partial charge in [0.15, 0.2) is 9.84 Å². The van der Waals surface area contributed by atoms with Crippen LogP contribution in [0.2, 0.25) is 0 Å². The van der Waals surface area contributed by atoms with Crippen molar-refractivity contribution in [3.05, 3.63) is 24.3 Å². The van der Waals surface area contributed by atoms with Crippen molar-refractivity contribution in [2.24, 2.45) is 0 Å². The van der Waals surface area contributed by atoms with Crippen LogP contribution in [0.25, 0.3) is 0 Å². The molecular weight excluding hydrogens is 414 g/mol. The predicted octanol–water partition coefficient (Wildman–Crippen LogP) is 1.55. The largest absolute Gasteiger partial charge is 0.325 e. The van der Waals surface area contributed by atoms with Gasteiger partial charge in [0.25, 0.3) is 0 Å². The fourth-order valence-corrected chi connectivity index (χ4v) is 5.67. The molecule has 1 fully saturated rings. The number of sulfonamides is 1. The maximum atomic E-state index is 12.5. The van der Waals surface area contributed by atoms with E-state index >= 15 is 0 Å². The summed E-state index contributed by atoms with van der Waals surface area (Å²) in [5.41, 5.74) is 0.496. The fraction of sp³-hybridized carbons (Fsp3) is 0.632. The molecule has 1 N–H and O–H groups in total. The van der Waals surface area contributed by atoms with Gasteiger partial charge in [-0.2, -0.15) is 4.31 Å². The molecule has 164 valence electrons. The molecule has 0 saturated carbocycles. The van der Waals surface area contributed by atoms with E-state index in [2.05, 4.69) is 5.32 Å². The number of hydrogen-bond acceptors (Lipinski definition) is 6. The summed E-state index contributed by atoms with van der Waals surface area (Å²) in [5.74, 6) is -0.256. The summed E-state index contributed by atoms with van der Waals surface area (Å²) in [6.07, 6.45) is 3.55. The van der Waals surface area contributed by atoms with Gasteiger partial charge in [-0.3, -0.25) is 9.69 Å². The number of nitrogens with zero attached hydrogens (tertiary/aromatic N) is 2. The van der Waals surface area contributed by atoms with Crippen molar-refractivity contribution < 1.29 is 21.6 Å². The van der Waals surface area contributed by atoms with E-state index in [1.807, 2.05) is 4.90 Å². The zero-order valence-corrected chi connectivity index (χ0v) is 19.1. The standard InChI is InChI=1S/C19H31N3O5S2/c1-15(2)21(3)29(26,27)17-10-8-16(9-11-17)20-19(23)14-22-12-6-5-7-18(13-22)28(4,24)25/h8-11,15,18H,5-7,12-14H2,1-4H3,(H,20,23). The third-order valence-corrected chi connectivity index (χ3v) is 8.87. The second-order valence-electron chi connectivity index (χ2n) is 7.87. The summed E-state index contributed by atoms with van der Waals surface area (Å²) in [6.45, 7) is 4.72. The molecule has 1 unspecified atom stereocenters. The number of carbonyl (C=O) groups excluding carboxylic acids is 1. The van der Waals surface area contributed by atoms with Crippen molar-refractivity contribution in [1.82, 2.24) is 9.21 Å². The fourth-order valence-electron chi connectivity index (χ4n) is 3.23. The van der Waals surface area contributed by atoms with E-state index in [1.54, 1.807) is 26.0 Å². The molecule has 1 aromatic carbocycles. The number of benzene rings is 1. The van der Waals surface area contributed by atoms with Crippen LogP contribution in [0, 0.1) is 0 Å². The first kappa shape index (κ1) is 23.8. The van der Waals surface area contributed by atoms with Gasteiger partial charge in [0.05, 0.1) is 16.7 Å². The lowest BCUT2D eigenvalue weighted by molar-refractivity contribution is -0.117. The lowest BCUT2D eigenvalue weighted by Crippen LogP contribution is -2.39. The van der Waals surface area contributed by atoms with Crippen LogP contribution in [-0.4, -0.2) is 76.2 Å². The minimum Gasteiger partial charge on any atom is -0.325 e. The highest BCUT2D eigenvalue weighted by molar-refractivity contribution is 7.91. The van der Waals surface area contributed by atoms with E-state index in [-0.39, 0.29) is 23.4 Å². The highest BCUT2D eigenvalue weighted by Gasteiger charge is 2.27. The molecule has 0 bridgehead atoms. The number of carbonyl (C=O) groups is 1. The van der Waals surface area contributed by atoms with Gasteiger partial charge >= 0.3 is 0 Å². The van der Waals surface area contributed by atoms with Crippen molar-refractivity contribution in [2.45, 2.75) is 49.3 Å². The van der Waals surface area contributed by atoms with E-state index in [1.165, 1.54) is 29.7 Å². The molecule has 8 nitrogen and oxygen atoms in total. The van der Waals surface area contributed by atoms with Gasteiger partial charge in [0.1, 0.15) is 0 Å². The smallest absolute Gasteiger partial charge is 0.243 e. The van der Waals surface area contributed by atoms with E-state index in [4.69, 9.17) is 0 Å². The topological polar surface area (TPSA) is 104 Å². The Hall–Kier alpha value is -1.49. The first-order valence-corrected chi connectivity index (χ1v) is 13.1. The molecule has 0 aliphatic carbocycles. The lowest BCUT2D eigenvalue weighted by Gasteiger charge is -2.23. The normalized spacial score (nSPS) is 19.3. The number of nitrogens with one attached hydrogen (secondary N) is 1. The Bertz CT molecular complexity index is 912. The Morgan fingerprint density at radius 3 is 2.34 bits per heavy atom. The second-order valence-corrected chi connectivity index (χ2v) is 12.2. The maximum absolute atomic E-state index is 12.5. The van der Waals surface area contributed by atoms with Crippen LogP contribution in [0.4, 0.5) is 5.69 Å².